The zero-order valence-electron chi connectivity index (χ0n) is 11.2. The molecule has 100 valence electrons. The number of nitrogens with zero attached hydrogens (tertiary/aromatic N) is 3. The highest BCUT2D eigenvalue weighted by atomic mass is 16.2. The minimum absolute atomic E-state index is 0.0366. The molecular weight excluding hydrogens is 228 g/mol. The maximum Gasteiger partial charge on any atom is 0.244 e. The molecule has 1 amide bonds. The molecule has 1 aromatic heterocycles. The SMILES string of the molecule is CCC1CCCCN1C(=O)C(N)c1cnn(C)c1. The maximum absolute atomic E-state index is 12.4. The van der Waals surface area contributed by atoms with Gasteiger partial charge in [0.1, 0.15) is 6.04 Å². The Morgan fingerprint density at radius 1 is 1.61 bits per heavy atom. The van der Waals surface area contributed by atoms with E-state index in [9.17, 15) is 4.79 Å². The number of nitrogens with two attached hydrogens (primary N) is 1. The fourth-order valence-corrected chi connectivity index (χ4v) is 2.64. The Kier molecular flexibility index (Phi) is 4.01. The van der Waals surface area contributed by atoms with Gasteiger partial charge in [0.2, 0.25) is 5.91 Å². The second-order valence-electron chi connectivity index (χ2n) is 5.01. The Morgan fingerprint density at radius 3 is 3.00 bits per heavy atom. The van der Waals surface area contributed by atoms with E-state index in [1.807, 2.05) is 18.1 Å². The summed E-state index contributed by atoms with van der Waals surface area (Å²) in [6.45, 7) is 2.97. The lowest BCUT2D eigenvalue weighted by Gasteiger charge is -2.36. The number of aromatic nitrogens is 2. The summed E-state index contributed by atoms with van der Waals surface area (Å²) in [6.07, 6.45) is 7.89. The van der Waals surface area contributed by atoms with Gasteiger partial charge in [-0.05, 0) is 25.7 Å². The summed E-state index contributed by atoms with van der Waals surface area (Å²) >= 11 is 0. The van der Waals surface area contributed by atoms with Crippen LogP contribution < -0.4 is 5.73 Å². The second kappa shape index (κ2) is 5.52. The van der Waals surface area contributed by atoms with Gasteiger partial charge in [-0.15, -0.1) is 0 Å². The number of rotatable bonds is 3. The lowest BCUT2D eigenvalue weighted by atomic mass is 9.98. The van der Waals surface area contributed by atoms with Crippen LogP contribution in [0.2, 0.25) is 0 Å². The summed E-state index contributed by atoms with van der Waals surface area (Å²) in [5.41, 5.74) is 6.85. The van der Waals surface area contributed by atoms with E-state index < -0.39 is 6.04 Å². The molecule has 0 saturated carbocycles. The number of carbonyl (C=O) groups excluding carboxylic acids is 1. The highest BCUT2D eigenvalue weighted by Gasteiger charge is 2.29. The van der Waals surface area contributed by atoms with Gasteiger partial charge in [0.15, 0.2) is 0 Å². The average molecular weight is 250 g/mol. The molecule has 1 aliphatic heterocycles. The molecule has 1 fully saturated rings. The topological polar surface area (TPSA) is 64.2 Å². The van der Waals surface area contributed by atoms with Gasteiger partial charge < -0.3 is 10.6 Å². The smallest absolute Gasteiger partial charge is 0.244 e. The molecule has 0 radical (unpaired) electrons. The molecule has 5 heteroatoms. The number of carbonyl (C=O) groups is 1. The molecule has 2 unspecified atom stereocenters. The van der Waals surface area contributed by atoms with Crippen LogP contribution in [-0.4, -0.2) is 33.2 Å². The van der Waals surface area contributed by atoms with Crippen LogP contribution in [0.25, 0.3) is 0 Å². The van der Waals surface area contributed by atoms with E-state index in [1.165, 1.54) is 6.42 Å². The van der Waals surface area contributed by atoms with E-state index >= 15 is 0 Å². The van der Waals surface area contributed by atoms with Crippen molar-refractivity contribution in [3.8, 4) is 0 Å². The quantitative estimate of drug-likeness (QED) is 0.877. The van der Waals surface area contributed by atoms with Gasteiger partial charge >= 0.3 is 0 Å². The average Bonchev–Trinajstić information content (AvgIpc) is 2.83. The third-order valence-corrected chi connectivity index (χ3v) is 3.73. The van der Waals surface area contributed by atoms with Gasteiger partial charge in [-0.1, -0.05) is 6.92 Å². The van der Waals surface area contributed by atoms with Gasteiger partial charge in [0.05, 0.1) is 6.20 Å². The molecular formula is C13H22N4O. The number of hydrogen-bond acceptors (Lipinski definition) is 3. The highest BCUT2D eigenvalue weighted by Crippen LogP contribution is 2.23. The summed E-state index contributed by atoms with van der Waals surface area (Å²) in [5, 5.41) is 4.07. The lowest BCUT2D eigenvalue weighted by molar-refractivity contribution is -0.136. The minimum atomic E-state index is -0.578. The van der Waals surface area contributed by atoms with Crippen LogP contribution in [0, 0.1) is 0 Å². The summed E-state index contributed by atoms with van der Waals surface area (Å²) < 4.78 is 1.68. The molecule has 2 N–H and O–H groups in total. The molecule has 0 spiro atoms. The molecule has 2 atom stereocenters. The van der Waals surface area contributed by atoms with Crippen LogP contribution in [0.15, 0.2) is 12.4 Å². The lowest BCUT2D eigenvalue weighted by Crippen LogP contribution is -2.47. The van der Waals surface area contributed by atoms with E-state index in [-0.39, 0.29) is 5.91 Å². The molecule has 0 bridgehead atoms. The molecule has 0 aliphatic carbocycles. The molecule has 0 aromatic carbocycles. The fraction of sp³-hybridized carbons (Fsp3) is 0.692. The first-order chi connectivity index (χ1) is 8.63. The van der Waals surface area contributed by atoms with E-state index in [1.54, 1.807) is 10.9 Å². The summed E-state index contributed by atoms with van der Waals surface area (Å²) in [6, 6.07) is -0.222. The first kappa shape index (κ1) is 13.1. The van der Waals surface area contributed by atoms with Crippen LogP contribution in [0.5, 0.6) is 0 Å². The predicted molar refractivity (Wildman–Crippen MR) is 69.8 cm³/mol. The minimum Gasteiger partial charge on any atom is -0.338 e. The van der Waals surface area contributed by atoms with Crippen molar-refractivity contribution in [2.45, 2.75) is 44.7 Å². The molecule has 5 nitrogen and oxygen atoms in total. The highest BCUT2D eigenvalue weighted by molar-refractivity contribution is 5.83. The van der Waals surface area contributed by atoms with Crippen molar-refractivity contribution in [1.82, 2.24) is 14.7 Å². The van der Waals surface area contributed by atoms with Crippen molar-refractivity contribution in [3.63, 3.8) is 0 Å². The van der Waals surface area contributed by atoms with Crippen molar-refractivity contribution in [2.24, 2.45) is 12.8 Å². The van der Waals surface area contributed by atoms with Crippen LogP contribution in [0.4, 0.5) is 0 Å². The molecule has 2 heterocycles. The normalized spacial score (nSPS) is 21.9. The van der Waals surface area contributed by atoms with Gasteiger partial charge in [-0.3, -0.25) is 9.48 Å². The third-order valence-electron chi connectivity index (χ3n) is 3.73. The van der Waals surface area contributed by atoms with Crippen LogP contribution >= 0.6 is 0 Å². The second-order valence-corrected chi connectivity index (χ2v) is 5.01. The van der Waals surface area contributed by atoms with E-state index in [0.717, 1.165) is 31.4 Å². The van der Waals surface area contributed by atoms with Crippen molar-refractivity contribution in [2.75, 3.05) is 6.54 Å². The van der Waals surface area contributed by atoms with Crippen molar-refractivity contribution in [3.05, 3.63) is 18.0 Å². The zero-order valence-corrected chi connectivity index (χ0v) is 11.2. The fourth-order valence-electron chi connectivity index (χ4n) is 2.64. The number of piperidine rings is 1. The van der Waals surface area contributed by atoms with Gasteiger partial charge in [0, 0.05) is 31.4 Å². The number of amides is 1. The Balaban J connectivity index is 2.09. The van der Waals surface area contributed by atoms with E-state index in [0.29, 0.717) is 6.04 Å². The van der Waals surface area contributed by atoms with Gasteiger partial charge in [-0.25, -0.2) is 0 Å². The number of aryl methyl sites for hydroxylation is 1. The van der Waals surface area contributed by atoms with E-state index in [4.69, 9.17) is 5.73 Å². The number of hydrogen-bond donors (Lipinski definition) is 1. The summed E-state index contributed by atoms with van der Waals surface area (Å²) in [7, 11) is 1.83. The molecule has 1 saturated heterocycles. The maximum atomic E-state index is 12.4. The van der Waals surface area contributed by atoms with Crippen molar-refractivity contribution >= 4 is 5.91 Å². The Labute approximate surface area is 108 Å². The Morgan fingerprint density at radius 2 is 2.39 bits per heavy atom. The first-order valence-corrected chi connectivity index (χ1v) is 6.68. The largest absolute Gasteiger partial charge is 0.338 e. The number of likely N-dealkylation sites (tertiary alicyclic amines) is 1. The van der Waals surface area contributed by atoms with Crippen molar-refractivity contribution < 1.29 is 4.79 Å². The molecule has 2 rings (SSSR count). The zero-order chi connectivity index (χ0) is 13.1. The summed E-state index contributed by atoms with van der Waals surface area (Å²) in [4.78, 5) is 14.4. The first-order valence-electron chi connectivity index (χ1n) is 6.68. The monoisotopic (exact) mass is 250 g/mol. The van der Waals surface area contributed by atoms with Gasteiger partial charge in [0.25, 0.3) is 0 Å². The Bertz CT molecular complexity index is 415. The molecule has 1 aliphatic rings. The molecule has 1 aromatic rings. The van der Waals surface area contributed by atoms with Crippen LogP contribution in [0.1, 0.15) is 44.2 Å². The standard InChI is InChI=1S/C13H22N4O/c1-3-11-6-4-5-7-17(11)13(18)12(14)10-8-15-16(2)9-10/h8-9,11-12H,3-7,14H2,1-2H3. The van der Waals surface area contributed by atoms with E-state index in [2.05, 4.69) is 12.0 Å². The molecule has 18 heavy (non-hydrogen) atoms. The summed E-state index contributed by atoms with van der Waals surface area (Å²) in [5.74, 6) is 0.0366. The van der Waals surface area contributed by atoms with Crippen molar-refractivity contribution in [1.29, 1.82) is 0 Å². The van der Waals surface area contributed by atoms with Crippen LogP contribution in [0.3, 0.4) is 0 Å². The third kappa shape index (κ3) is 2.56. The predicted octanol–water partition coefficient (Wildman–Crippen LogP) is 1.21. The Hall–Kier alpha value is -1.36. The van der Waals surface area contributed by atoms with Crippen LogP contribution in [-0.2, 0) is 11.8 Å². The van der Waals surface area contributed by atoms with Gasteiger partial charge in [-0.2, -0.15) is 5.10 Å².